The monoisotopic (exact) mass is 381 g/mol. The molecule has 0 spiro atoms. The molecule has 0 atom stereocenters. The number of aryl methyl sites for hydroxylation is 1. The van der Waals surface area contributed by atoms with Crippen LogP contribution < -0.4 is 0 Å². The Morgan fingerprint density at radius 2 is 2.21 bits per heavy atom. The molecule has 0 amide bonds. The first-order valence-corrected chi connectivity index (χ1v) is 9.41. The predicted octanol–water partition coefficient (Wildman–Crippen LogP) is 2.24. The molecule has 0 unspecified atom stereocenters. The van der Waals surface area contributed by atoms with Crippen molar-refractivity contribution in [1.29, 1.82) is 0 Å². The molecule has 0 radical (unpaired) electrons. The summed E-state index contributed by atoms with van der Waals surface area (Å²) in [6, 6.07) is 3.94. The number of H-pyrrole nitrogens is 1. The third-order valence-electron chi connectivity index (χ3n) is 4.68. The van der Waals surface area contributed by atoms with E-state index in [0.717, 1.165) is 60.2 Å². The number of allylic oxidation sites excluding steroid dienone is 2. The fourth-order valence-corrected chi connectivity index (χ4v) is 3.16. The van der Waals surface area contributed by atoms with Crippen LogP contribution in [0.3, 0.4) is 0 Å². The summed E-state index contributed by atoms with van der Waals surface area (Å²) in [7, 11) is 1.75. The lowest BCUT2D eigenvalue weighted by Gasteiger charge is -2.29. The zero-order valence-electron chi connectivity index (χ0n) is 16.5. The molecule has 148 valence electrons. The number of aromatic amines is 1. The molecular weight excluding hydrogens is 354 g/mol. The van der Waals surface area contributed by atoms with Gasteiger partial charge >= 0.3 is 0 Å². The molecule has 1 aliphatic rings. The van der Waals surface area contributed by atoms with Crippen LogP contribution in [-0.4, -0.2) is 71.1 Å². The largest absolute Gasteiger partial charge is 0.396 e. The SMILES string of the molecule is C=C(/C=C(\C=NC)c1ccnc(-c2nc(CCO)c(C)[nH]2)c1)N1CCOCC1. The molecule has 2 N–H and O–H groups in total. The van der Waals surface area contributed by atoms with Gasteiger partial charge in [0, 0.05) is 62.5 Å². The lowest BCUT2D eigenvalue weighted by atomic mass is 10.1. The van der Waals surface area contributed by atoms with Crippen LogP contribution in [0.1, 0.15) is 17.0 Å². The number of aliphatic imine (C=N–C) groups is 1. The fourth-order valence-electron chi connectivity index (χ4n) is 3.16. The lowest BCUT2D eigenvalue weighted by Crippen LogP contribution is -2.34. The number of aliphatic hydroxyl groups excluding tert-OH is 1. The lowest BCUT2D eigenvalue weighted by molar-refractivity contribution is 0.0556. The Morgan fingerprint density at radius 1 is 1.43 bits per heavy atom. The molecular formula is C21H27N5O2. The van der Waals surface area contributed by atoms with Gasteiger partial charge in [-0.3, -0.25) is 9.98 Å². The van der Waals surface area contributed by atoms with Gasteiger partial charge in [0.05, 0.1) is 18.9 Å². The number of morpholine rings is 1. The Kier molecular flexibility index (Phi) is 6.73. The average molecular weight is 381 g/mol. The highest BCUT2D eigenvalue weighted by Gasteiger charge is 2.13. The minimum Gasteiger partial charge on any atom is -0.396 e. The van der Waals surface area contributed by atoms with Gasteiger partial charge in [-0.15, -0.1) is 0 Å². The highest BCUT2D eigenvalue weighted by atomic mass is 16.5. The van der Waals surface area contributed by atoms with Crippen LogP contribution in [0.2, 0.25) is 0 Å². The van der Waals surface area contributed by atoms with Gasteiger partial charge in [0.25, 0.3) is 0 Å². The number of nitrogens with one attached hydrogen (secondary N) is 1. The number of hydrogen-bond donors (Lipinski definition) is 2. The first-order valence-electron chi connectivity index (χ1n) is 9.41. The van der Waals surface area contributed by atoms with Crippen molar-refractivity contribution in [1.82, 2.24) is 19.9 Å². The van der Waals surface area contributed by atoms with Crippen LogP contribution in [0.5, 0.6) is 0 Å². The number of aromatic nitrogens is 3. The second-order valence-electron chi connectivity index (χ2n) is 6.64. The number of aliphatic hydroxyl groups is 1. The van der Waals surface area contributed by atoms with E-state index in [0.29, 0.717) is 12.2 Å². The first kappa shape index (κ1) is 20.0. The number of imidazole rings is 1. The van der Waals surface area contributed by atoms with Gasteiger partial charge in [-0.25, -0.2) is 4.98 Å². The topological polar surface area (TPSA) is 86.6 Å². The maximum atomic E-state index is 9.18. The zero-order valence-corrected chi connectivity index (χ0v) is 16.5. The Morgan fingerprint density at radius 3 is 2.93 bits per heavy atom. The van der Waals surface area contributed by atoms with E-state index >= 15 is 0 Å². The summed E-state index contributed by atoms with van der Waals surface area (Å²) in [4.78, 5) is 18.7. The van der Waals surface area contributed by atoms with Crippen LogP contribution in [0.4, 0.5) is 0 Å². The summed E-state index contributed by atoms with van der Waals surface area (Å²) < 4.78 is 5.42. The van der Waals surface area contributed by atoms with Gasteiger partial charge in [-0.2, -0.15) is 0 Å². The van der Waals surface area contributed by atoms with Crippen molar-refractivity contribution >= 4 is 11.8 Å². The number of ether oxygens (including phenoxy) is 1. The van der Waals surface area contributed by atoms with Crippen molar-refractivity contribution in [2.24, 2.45) is 4.99 Å². The Balaban J connectivity index is 1.90. The van der Waals surface area contributed by atoms with E-state index in [1.807, 2.05) is 31.3 Å². The van der Waals surface area contributed by atoms with E-state index in [1.165, 1.54) is 0 Å². The molecule has 2 aromatic heterocycles. The van der Waals surface area contributed by atoms with Gasteiger partial charge in [0.15, 0.2) is 5.82 Å². The van der Waals surface area contributed by atoms with Gasteiger partial charge in [-0.05, 0) is 30.7 Å². The summed E-state index contributed by atoms with van der Waals surface area (Å²) in [5, 5.41) is 9.18. The summed E-state index contributed by atoms with van der Waals surface area (Å²) >= 11 is 0. The molecule has 28 heavy (non-hydrogen) atoms. The summed E-state index contributed by atoms with van der Waals surface area (Å²) in [6.07, 6.45) is 6.16. The van der Waals surface area contributed by atoms with Crippen LogP contribution in [0, 0.1) is 6.92 Å². The van der Waals surface area contributed by atoms with E-state index in [2.05, 4.69) is 31.4 Å². The van der Waals surface area contributed by atoms with E-state index in [9.17, 15) is 5.11 Å². The molecule has 7 nitrogen and oxygen atoms in total. The highest BCUT2D eigenvalue weighted by molar-refractivity contribution is 6.10. The molecule has 2 aromatic rings. The molecule has 0 bridgehead atoms. The van der Waals surface area contributed by atoms with Gasteiger partial charge in [-0.1, -0.05) is 6.58 Å². The molecule has 1 fully saturated rings. The first-order chi connectivity index (χ1) is 13.6. The number of pyridine rings is 1. The molecule has 1 saturated heterocycles. The van der Waals surface area contributed by atoms with Crippen LogP contribution in [-0.2, 0) is 11.2 Å². The smallest absolute Gasteiger partial charge is 0.156 e. The van der Waals surface area contributed by atoms with Crippen molar-refractivity contribution < 1.29 is 9.84 Å². The molecule has 3 heterocycles. The third-order valence-corrected chi connectivity index (χ3v) is 4.68. The van der Waals surface area contributed by atoms with Gasteiger partial charge in [0.2, 0.25) is 0 Å². The third kappa shape index (κ3) is 4.74. The van der Waals surface area contributed by atoms with Crippen LogP contribution >= 0.6 is 0 Å². The Bertz CT molecular complexity index is 879. The molecule has 0 saturated carbocycles. The Hall–Kier alpha value is -2.77. The normalized spacial score (nSPS) is 15.4. The molecule has 0 aliphatic carbocycles. The second-order valence-corrected chi connectivity index (χ2v) is 6.64. The number of nitrogens with zero attached hydrogens (tertiary/aromatic N) is 4. The van der Waals surface area contributed by atoms with Crippen molar-refractivity contribution in [3.8, 4) is 11.5 Å². The summed E-state index contributed by atoms with van der Waals surface area (Å²) in [6.45, 7) is 9.36. The minimum atomic E-state index is 0.0715. The zero-order chi connectivity index (χ0) is 19.9. The maximum absolute atomic E-state index is 9.18. The molecule has 1 aliphatic heterocycles. The van der Waals surface area contributed by atoms with E-state index in [-0.39, 0.29) is 6.61 Å². The highest BCUT2D eigenvalue weighted by Crippen LogP contribution is 2.22. The van der Waals surface area contributed by atoms with E-state index in [1.54, 1.807) is 13.2 Å². The van der Waals surface area contributed by atoms with E-state index in [4.69, 9.17) is 4.74 Å². The van der Waals surface area contributed by atoms with Crippen molar-refractivity contribution in [2.75, 3.05) is 40.0 Å². The van der Waals surface area contributed by atoms with Crippen molar-refractivity contribution in [3.63, 3.8) is 0 Å². The fraction of sp³-hybridized carbons (Fsp3) is 0.381. The molecule has 3 rings (SSSR count). The number of rotatable bonds is 7. The van der Waals surface area contributed by atoms with E-state index < -0.39 is 0 Å². The van der Waals surface area contributed by atoms with Gasteiger partial charge < -0.3 is 19.7 Å². The van der Waals surface area contributed by atoms with Crippen molar-refractivity contribution in [2.45, 2.75) is 13.3 Å². The predicted molar refractivity (Wildman–Crippen MR) is 111 cm³/mol. The Labute approximate surface area is 165 Å². The second kappa shape index (κ2) is 9.43. The van der Waals surface area contributed by atoms with Gasteiger partial charge in [0.1, 0.15) is 5.69 Å². The maximum Gasteiger partial charge on any atom is 0.156 e. The quantitative estimate of drug-likeness (QED) is 0.567. The molecule has 0 aromatic carbocycles. The van der Waals surface area contributed by atoms with Crippen LogP contribution in [0.25, 0.3) is 17.1 Å². The minimum absolute atomic E-state index is 0.0715. The number of hydrogen-bond acceptors (Lipinski definition) is 6. The molecule has 7 heteroatoms. The summed E-state index contributed by atoms with van der Waals surface area (Å²) in [5.74, 6) is 0.697. The standard InChI is InChI=1S/C21H27N5O2/c1-15(26-7-10-28-11-8-26)12-18(14-22-3)17-4-6-23-20(13-17)21-24-16(2)19(25-21)5-9-27/h4,6,12-14,27H,1,5,7-11H2,2-3H3,(H,24,25)/b18-12+,22-14?. The van der Waals surface area contributed by atoms with Crippen LogP contribution in [0.15, 0.2) is 41.7 Å². The summed E-state index contributed by atoms with van der Waals surface area (Å²) in [5.41, 5.74) is 5.44. The average Bonchev–Trinajstić information content (AvgIpc) is 3.09. The van der Waals surface area contributed by atoms with Crippen molar-refractivity contribution in [3.05, 3.63) is 53.6 Å².